The summed E-state index contributed by atoms with van der Waals surface area (Å²) < 4.78 is 38.0. The summed E-state index contributed by atoms with van der Waals surface area (Å²) in [4.78, 5) is 12.3. The Morgan fingerprint density at radius 2 is 1.77 bits per heavy atom. The summed E-state index contributed by atoms with van der Waals surface area (Å²) in [6.07, 6.45) is -0.992. The predicted octanol–water partition coefficient (Wildman–Crippen LogP) is 2.52. The monoisotopic (exact) mass is 309 g/mol. The van der Waals surface area contributed by atoms with Crippen molar-refractivity contribution in [2.75, 3.05) is 0 Å². The Balaban J connectivity index is 1.81. The van der Waals surface area contributed by atoms with Crippen LogP contribution in [0.3, 0.4) is 0 Å². The van der Waals surface area contributed by atoms with Gasteiger partial charge in [0.05, 0.1) is 24.0 Å². The largest absolute Gasteiger partial charge is 0.458 e. The summed E-state index contributed by atoms with van der Waals surface area (Å²) >= 11 is 0. The van der Waals surface area contributed by atoms with Gasteiger partial charge in [-0.1, -0.05) is 29.4 Å². The maximum Gasteiger partial charge on any atom is 0.458 e. The molecule has 0 amide bonds. The van der Waals surface area contributed by atoms with E-state index in [9.17, 15) is 18.3 Å². The van der Waals surface area contributed by atoms with Crippen LogP contribution in [0.2, 0.25) is 0 Å². The molecule has 0 saturated carbocycles. The van der Waals surface area contributed by atoms with Gasteiger partial charge in [-0.15, -0.1) is 0 Å². The first-order valence-corrected chi connectivity index (χ1v) is 6.30. The third-order valence-electron chi connectivity index (χ3n) is 3.23. The lowest BCUT2D eigenvalue weighted by molar-refractivity contribution is -0.355. The molecule has 1 aromatic carbocycles. The van der Waals surface area contributed by atoms with Gasteiger partial charge in [0.25, 0.3) is 0 Å². The number of hydrogen-bond acceptors (Lipinski definition) is 5. The number of benzene rings is 1. The molecule has 0 saturated heterocycles. The van der Waals surface area contributed by atoms with Crippen LogP contribution in [0.25, 0.3) is 11.3 Å². The second kappa shape index (κ2) is 5.06. The molecule has 2 aromatic rings. The van der Waals surface area contributed by atoms with Crippen LogP contribution in [0.1, 0.15) is 12.0 Å². The number of halogens is 3. The SMILES string of the molecule is OC1(C(F)(F)F)CC(c2ccc(-c3cnccn3)cc2)=NO1. The molecule has 3 rings (SSSR count). The lowest BCUT2D eigenvalue weighted by Gasteiger charge is -2.22. The third kappa shape index (κ3) is 2.52. The van der Waals surface area contributed by atoms with E-state index in [4.69, 9.17) is 0 Å². The van der Waals surface area contributed by atoms with E-state index in [1.54, 1.807) is 42.9 Å². The number of hydrogen-bond donors (Lipinski definition) is 1. The van der Waals surface area contributed by atoms with Crippen LogP contribution in [0.4, 0.5) is 13.2 Å². The van der Waals surface area contributed by atoms with Crippen molar-refractivity contribution in [3.63, 3.8) is 0 Å². The van der Waals surface area contributed by atoms with Gasteiger partial charge in [-0.25, -0.2) is 0 Å². The Kier molecular flexibility index (Phi) is 3.32. The molecule has 1 unspecified atom stereocenters. The van der Waals surface area contributed by atoms with Crippen molar-refractivity contribution in [1.82, 2.24) is 9.97 Å². The van der Waals surface area contributed by atoms with Gasteiger partial charge >= 0.3 is 12.0 Å². The van der Waals surface area contributed by atoms with Crippen molar-refractivity contribution in [2.24, 2.45) is 5.16 Å². The average Bonchev–Trinajstić information content (AvgIpc) is 2.92. The molecule has 22 heavy (non-hydrogen) atoms. The molecular weight excluding hydrogens is 299 g/mol. The van der Waals surface area contributed by atoms with Crippen molar-refractivity contribution in [1.29, 1.82) is 0 Å². The summed E-state index contributed by atoms with van der Waals surface area (Å²) in [7, 11) is 0. The van der Waals surface area contributed by atoms with E-state index >= 15 is 0 Å². The van der Waals surface area contributed by atoms with Crippen LogP contribution in [-0.4, -0.2) is 32.7 Å². The van der Waals surface area contributed by atoms with Crippen molar-refractivity contribution >= 4 is 5.71 Å². The molecule has 1 N–H and O–H groups in total. The molecule has 8 heteroatoms. The minimum atomic E-state index is -4.90. The molecule has 1 atom stereocenters. The zero-order valence-corrected chi connectivity index (χ0v) is 11.1. The van der Waals surface area contributed by atoms with Crippen molar-refractivity contribution in [3.05, 3.63) is 48.4 Å². The maximum atomic E-state index is 12.7. The van der Waals surface area contributed by atoms with E-state index in [1.807, 2.05) is 0 Å². The maximum absolute atomic E-state index is 12.7. The van der Waals surface area contributed by atoms with Gasteiger partial charge in [0.1, 0.15) is 0 Å². The normalized spacial score (nSPS) is 21.4. The Hall–Kier alpha value is -2.48. The first-order valence-electron chi connectivity index (χ1n) is 6.30. The number of rotatable bonds is 2. The summed E-state index contributed by atoms with van der Waals surface area (Å²) in [6, 6.07) is 6.56. The molecule has 1 aromatic heterocycles. The van der Waals surface area contributed by atoms with Gasteiger partial charge in [0.2, 0.25) is 0 Å². The van der Waals surface area contributed by atoms with Crippen LogP contribution in [0, 0.1) is 0 Å². The molecule has 2 heterocycles. The smallest absolute Gasteiger partial charge is 0.350 e. The number of aromatic nitrogens is 2. The minimum absolute atomic E-state index is 0.0329. The number of oxime groups is 1. The summed E-state index contributed by atoms with van der Waals surface area (Å²) in [5, 5.41) is 12.8. The third-order valence-corrected chi connectivity index (χ3v) is 3.23. The highest BCUT2D eigenvalue weighted by Crippen LogP contribution is 2.39. The Morgan fingerprint density at radius 1 is 1.09 bits per heavy atom. The van der Waals surface area contributed by atoms with Crippen molar-refractivity contribution in [2.45, 2.75) is 18.4 Å². The van der Waals surface area contributed by atoms with Crippen molar-refractivity contribution < 1.29 is 23.1 Å². The first-order chi connectivity index (χ1) is 10.4. The first kappa shape index (κ1) is 14.5. The zero-order valence-electron chi connectivity index (χ0n) is 11.1. The van der Waals surface area contributed by atoms with Crippen LogP contribution in [-0.2, 0) is 4.84 Å². The Bertz CT molecular complexity index is 702. The average molecular weight is 309 g/mol. The molecule has 114 valence electrons. The fraction of sp³-hybridized carbons (Fsp3) is 0.214. The molecule has 0 spiro atoms. The van der Waals surface area contributed by atoms with Gasteiger partial charge in [-0.05, 0) is 5.56 Å². The summed E-state index contributed by atoms with van der Waals surface area (Å²) in [5.41, 5.74) is 1.88. The highest BCUT2D eigenvalue weighted by atomic mass is 19.4. The summed E-state index contributed by atoms with van der Waals surface area (Å²) in [6.45, 7) is 0. The van der Waals surface area contributed by atoms with Crippen LogP contribution >= 0.6 is 0 Å². The van der Waals surface area contributed by atoms with E-state index in [0.29, 0.717) is 11.3 Å². The van der Waals surface area contributed by atoms with Crippen LogP contribution in [0.15, 0.2) is 48.0 Å². The fourth-order valence-corrected chi connectivity index (χ4v) is 2.01. The van der Waals surface area contributed by atoms with Crippen molar-refractivity contribution in [3.8, 4) is 11.3 Å². The van der Waals surface area contributed by atoms with E-state index in [0.717, 1.165) is 5.56 Å². The molecule has 0 bridgehead atoms. The van der Waals surface area contributed by atoms with Gasteiger partial charge in [-0.3, -0.25) is 9.97 Å². The molecule has 0 radical (unpaired) electrons. The van der Waals surface area contributed by atoms with Gasteiger partial charge in [0, 0.05) is 18.0 Å². The molecule has 0 aliphatic carbocycles. The second-order valence-corrected chi connectivity index (χ2v) is 4.76. The highest BCUT2D eigenvalue weighted by molar-refractivity contribution is 6.01. The molecule has 5 nitrogen and oxygen atoms in total. The zero-order chi connectivity index (χ0) is 15.8. The predicted molar refractivity (Wildman–Crippen MR) is 70.7 cm³/mol. The Morgan fingerprint density at radius 3 is 2.32 bits per heavy atom. The Labute approximate surface area is 123 Å². The van der Waals surface area contributed by atoms with E-state index in [2.05, 4.69) is 20.0 Å². The molecule has 0 fully saturated rings. The molecule has 1 aliphatic rings. The lowest BCUT2D eigenvalue weighted by Crippen LogP contribution is -2.45. The summed E-state index contributed by atoms with van der Waals surface area (Å²) in [5.74, 6) is -3.26. The van der Waals surface area contributed by atoms with Gasteiger partial charge in [0.15, 0.2) is 0 Å². The van der Waals surface area contributed by atoms with E-state index in [-0.39, 0.29) is 5.71 Å². The molecule has 1 aliphatic heterocycles. The van der Waals surface area contributed by atoms with Crippen LogP contribution < -0.4 is 0 Å². The topological polar surface area (TPSA) is 67.6 Å². The fourth-order valence-electron chi connectivity index (χ4n) is 2.01. The molecular formula is C14H10F3N3O2. The van der Waals surface area contributed by atoms with Gasteiger partial charge < -0.3 is 9.94 Å². The van der Waals surface area contributed by atoms with Crippen LogP contribution in [0.5, 0.6) is 0 Å². The standard InChI is InChI=1S/C14H10F3N3O2/c15-14(16,17)13(21)7-11(20-22-13)9-1-3-10(4-2-9)12-8-18-5-6-19-12/h1-6,8,21H,7H2. The number of aliphatic hydroxyl groups is 1. The number of nitrogens with zero attached hydrogens (tertiary/aromatic N) is 3. The lowest BCUT2D eigenvalue weighted by atomic mass is 10.0. The highest BCUT2D eigenvalue weighted by Gasteiger charge is 2.60. The second-order valence-electron chi connectivity index (χ2n) is 4.76. The van der Waals surface area contributed by atoms with E-state index in [1.165, 1.54) is 0 Å². The van der Waals surface area contributed by atoms with Gasteiger partial charge in [-0.2, -0.15) is 13.2 Å². The van der Waals surface area contributed by atoms with E-state index < -0.39 is 18.4 Å². The minimum Gasteiger partial charge on any atom is -0.350 e. The quantitative estimate of drug-likeness (QED) is 0.925. The number of alkyl halides is 3.